The predicted molar refractivity (Wildman–Crippen MR) is 306 cm³/mol. The van der Waals surface area contributed by atoms with Crippen LogP contribution in [0.2, 0.25) is 0 Å². The molecule has 0 bridgehead atoms. The summed E-state index contributed by atoms with van der Waals surface area (Å²) in [5.74, 6) is -1.22. The fourth-order valence-electron chi connectivity index (χ4n) is 9.24. The zero-order valence-electron chi connectivity index (χ0n) is 47.5. The summed E-state index contributed by atoms with van der Waals surface area (Å²) in [4.78, 5) is 26.5. The zero-order chi connectivity index (χ0) is 54.0. The molecule has 8 unspecified atom stereocenters. The Balaban J connectivity index is 2.72. The number of nitrogens with one attached hydrogen (secondary N) is 1. The molecular weight excluding hydrogens is 931 g/mol. The number of hydrogen-bond donors (Lipinski definition) is 6. The molecule has 1 aliphatic rings. The minimum atomic E-state index is -1.62. The van der Waals surface area contributed by atoms with E-state index in [0.29, 0.717) is 12.8 Å². The van der Waals surface area contributed by atoms with Crippen LogP contribution in [-0.2, 0) is 23.8 Å². The SMILES string of the molecule is CCCCC/C=C\C/C=C\C/C=C\CCCCCC(O)C(=O)NC(COC1OC(CO)C(O)C(O)C1OC(=O)CCCCCCCCC/C=C/CCCCCCCC)C(O)/C=C/CCCCCCCCCCCC. The second kappa shape index (κ2) is 51.1. The maximum absolute atomic E-state index is 13.4. The van der Waals surface area contributed by atoms with Crippen LogP contribution < -0.4 is 5.32 Å². The normalized spacial score (nSPS) is 19.7. The van der Waals surface area contributed by atoms with Gasteiger partial charge in [-0.2, -0.15) is 0 Å². The molecule has 1 amide bonds. The largest absolute Gasteiger partial charge is 0.454 e. The molecule has 1 saturated heterocycles. The highest BCUT2D eigenvalue weighted by Crippen LogP contribution is 2.26. The second-order valence-corrected chi connectivity index (χ2v) is 21.1. The number of carbonyl (C=O) groups excluding carboxylic acids is 2. The number of amides is 1. The van der Waals surface area contributed by atoms with Gasteiger partial charge in [-0.15, -0.1) is 0 Å². The van der Waals surface area contributed by atoms with Gasteiger partial charge in [-0.25, -0.2) is 0 Å². The molecule has 6 N–H and O–H groups in total. The Morgan fingerprint density at radius 3 is 1.43 bits per heavy atom. The van der Waals surface area contributed by atoms with Crippen LogP contribution in [0.4, 0.5) is 0 Å². The van der Waals surface area contributed by atoms with Crippen LogP contribution in [0.25, 0.3) is 0 Å². The van der Waals surface area contributed by atoms with Crippen LogP contribution in [0.5, 0.6) is 0 Å². The summed E-state index contributed by atoms with van der Waals surface area (Å²) in [6.07, 6.45) is 52.5. The smallest absolute Gasteiger partial charge is 0.306 e. The van der Waals surface area contributed by atoms with Gasteiger partial charge in [0.2, 0.25) is 5.91 Å². The van der Waals surface area contributed by atoms with E-state index in [1.807, 2.05) is 6.08 Å². The van der Waals surface area contributed by atoms with Crippen molar-refractivity contribution in [1.82, 2.24) is 5.32 Å². The number of rotatable bonds is 51. The second-order valence-electron chi connectivity index (χ2n) is 21.1. The molecule has 0 aliphatic carbocycles. The number of esters is 1. The summed E-state index contributed by atoms with van der Waals surface area (Å²) < 4.78 is 17.6. The predicted octanol–water partition coefficient (Wildman–Crippen LogP) is 14.2. The van der Waals surface area contributed by atoms with Crippen LogP contribution in [0.3, 0.4) is 0 Å². The Bertz CT molecular complexity index is 1430. The molecule has 0 aromatic rings. The highest BCUT2D eigenvalue weighted by Gasteiger charge is 2.47. The van der Waals surface area contributed by atoms with Gasteiger partial charge < -0.3 is 45.1 Å². The van der Waals surface area contributed by atoms with E-state index < -0.39 is 67.4 Å². The number of carbonyl (C=O) groups is 2. The number of aliphatic hydroxyl groups is 5. The van der Waals surface area contributed by atoms with Gasteiger partial charge >= 0.3 is 5.97 Å². The molecule has 74 heavy (non-hydrogen) atoms. The third-order valence-corrected chi connectivity index (χ3v) is 14.1. The molecule has 11 heteroatoms. The quantitative estimate of drug-likeness (QED) is 0.0195. The number of aliphatic hydroxyl groups excluding tert-OH is 5. The van der Waals surface area contributed by atoms with Gasteiger partial charge in [0.05, 0.1) is 25.4 Å². The fraction of sp³-hybridized carbons (Fsp3) is 0.810. The van der Waals surface area contributed by atoms with Crippen molar-refractivity contribution in [3.63, 3.8) is 0 Å². The minimum absolute atomic E-state index is 0.115. The van der Waals surface area contributed by atoms with E-state index in [0.717, 1.165) is 89.9 Å². The summed E-state index contributed by atoms with van der Waals surface area (Å²) in [5, 5.41) is 56.9. The van der Waals surface area contributed by atoms with Gasteiger partial charge in [-0.3, -0.25) is 9.59 Å². The van der Waals surface area contributed by atoms with Crippen molar-refractivity contribution in [3.8, 4) is 0 Å². The van der Waals surface area contributed by atoms with Crippen molar-refractivity contribution in [1.29, 1.82) is 0 Å². The summed E-state index contributed by atoms with van der Waals surface area (Å²) in [6.45, 7) is 5.74. The van der Waals surface area contributed by atoms with Gasteiger partial charge in [-0.05, 0) is 89.9 Å². The van der Waals surface area contributed by atoms with Gasteiger partial charge in [-0.1, -0.05) is 229 Å². The maximum atomic E-state index is 13.4. The first-order chi connectivity index (χ1) is 36.2. The van der Waals surface area contributed by atoms with Crippen molar-refractivity contribution in [2.75, 3.05) is 13.2 Å². The Morgan fingerprint density at radius 2 is 0.932 bits per heavy atom. The summed E-state index contributed by atoms with van der Waals surface area (Å²) in [6, 6.07) is -1.04. The topological polar surface area (TPSA) is 175 Å². The molecule has 0 aromatic carbocycles. The van der Waals surface area contributed by atoms with E-state index in [9.17, 15) is 35.1 Å². The van der Waals surface area contributed by atoms with E-state index in [2.05, 4.69) is 74.7 Å². The molecule has 1 aliphatic heterocycles. The average molecular weight is 1040 g/mol. The van der Waals surface area contributed by atoms with E-state index in [4.69, 9.17) is 14.2 Å². The van der Waals surface area contributed by atoms with Gasteiger partial charge in [0, 0.05) is 6.42 Å². The zero-order valence-corrected chi connectivity index (χ0v) is 47.5. The van der Waals surface area contributed by atoms with Gasteiger partial charge in [0.1, 0.15) is 24.4 Å². The molecule has 0 radical (unpaired) electrons. The first-order valence-corrected chi connectivity index (χ1v) is 30.6. The molecule has 0 spiro atoms. The molecule has 1 fully saturated rings. The Labute approximate surface area is 452 Å². The molecule has 11 nitrogen and oxygen atoms in total. The Kier molecular flexibility index (Phi) is 47.9. The van der Waals surface area contributed by atoms with E-state index in [1.165, 1.54) is 128 Å². The van der Waals surface area contributed by atoms with Crippen molar-refractivity contribution >= 4 is 11.9 Å². The summed E-state index contributed by atoms with van der Waals surface area (Å²) >= 11 is 0. The lowest BCUT2D eigenvalue weighted by molar-refractivity contribution is -0.305. The highest BCUT2D eigenvalue weighted by atomic mass is 16.7. The summed E-state index contributed by atoms with van der Waals surface area (Å²) in [5.41, 5.74) is 0. The number of ether oxygens (including phenoxy) is 3. The van der Waals surface area contributed by atoms with Gasteiger partial charge in [0.15, 0.2) is 12.4 Å². The van der Waals surface area contributed by atoms with Crippen LogP contribution in [0, 0.1) is 0 Å². The highest BCUT2D eigenvalue weighted by molar-refractivity contribution is 5.80. The molecule has 430 valence electrons. The number of hydrogen-bond acceptors (Lipinski definition) is 10. The lowest BCUT2D eigenvalue weighted by Crippen LogP contribution is -2.61. The fourth-order valence-corrected chi connectivity index (χ4v) is 9.24. The lowest BCUT2D eigenvalue weighted by atomic mass is 9.99. The molecule has 1 heterocycles. The van der Waals surface area contributed by atoms with Gasteiger partial charge in [0.25, 0.3) is 0 Å². The van der Waals surface area contributed by atoms with E-state index in [-0.39, 0.29) is 19.4 Å². The van der Waals surface area contributed by atoms with Crippen LogP contribution in [0.15, 0.2) is 60.8 Å². The van der Waals surface area contributed by atoms with Crippen LogP contribution >= 0.6 is 0 Å². The van der Waals surface area contributed by atoms with E-state index >= 15 is 0 Å². The van der Waals surface area contributed by atoms with E-state index in [1.54, 1.807) is 6.08 Å². The first kappa shape index (κ1) is 69.4. The Morgan fingerprint density at radius 1 is 0.527 bits per heavy atom. The average Bonchev–Trinajstić information content (AvgIpc) is 3.40. The van der Waals surface area contributed by atoms with Crippen molar-refractivity contribution in [2.45, 2.75) is 314 Å². The monoisotopic (exact) mass is 1040 g/mol. The van der Waals surface area contributed by atoms with Crippen LogP contribution in [0.1, 0.15) is 265 Å². The molecule has 0 aromatic heterocycles. The molecule has 0 saturated carbocycles. The third kappa shape index (κ3) is 38.8. The summed E-state index contributed by atoms with van der Waals surface area (Å²) in [7, 11) is 0. The number of unbranched alkanes of at least 4 members (excludes halogenated alkanes) is 29. The van der Waals surface area contributed by atoms with Crippen molar-refractivity contribution < 1.29 is 49.3 Å². The van der Waals surface area contributed by atoms with Crippen molar-refractivity contribution in [2.24, 2.45) is 0 Å². The Hall–Kier alpha value is -2.64. The van der Waals surface area contributed by atoms with Crippen LogP contribution in [-0.4, -0.2) is 99.6 Å². The minimum Gasteiger partial charge on any atom is -0.454 e. The molecule has 1 rings (SSSR count). The van der Waals surface area contributed by atoms with Crippen molar-refractivity contribution in [3.05, 3.63) is 60.8 Å². The maximum Gasteiger partial charge on any atom is 0.306 e. The molecule has 8 atom stereocenters. The first-order valence-electron chi connectivity index (χ1n) is 30.6. The number of allylic oxidation sites excluding steroid dienone is 9. The standard InChI is InChI=1S/C63H113NO10/c1-4-7-10-13-16-19-22-25-27-29-31-33-36-39-42-45-48-51-58(68)74-61-60(70)59(69)57(52-65)73-63(61)72-53-54(55(66)49-46-43-40-37-34-24-21-18-15-12-9-6-3)64-62(71)56(67)50-47-44-41-38-35-32-30-28-26-23-20-17-14-11-8-5-2/h17,20,25-28,32,35,46,49,54-57,59-61,63,65-67,69-70H,4-16,18-19,21-24,29-31,33-34,36-45,47-48,50-53H2,1-3H3,(H,64,71)/b20-17-,27-25+,28-26-,35-32-,49-46+. The molecular formula is C63H113NO10. The lowest BCUT2D eigenvalue weighted by Gasteiger charge is -2.41. The third-order valence-electron chi connectivity index (χ3n) is 14.1.